The van der Waals surface area contributed by atoms with Crippen LogP contribution < -0.4 is 30.7 Å². The number of hydrogen-bond donors (Lipinski definition) is 6. The van der Waals surface area contributed by atoms with E-state index in [4.69, 9.17) is 34.8 Å². The second kappa shape index (κ2) is 25.5. The van der Waals surface area contributed by atoms with E-state index in [1.807, 2.05) is 16.0 Å². The van der Waals surface area contributed by atoms with E-state index in [9.17, 15) is 58.3 Å². The largest absolute Gasteiger partial charge is 0.405 e. The van der Waals surface area contributed by atoms with Gasteiger partial charge in [-0.3, -0.25) is 14.4 Å². The fourth-order valence-corrected chi connectivity index (χ4v) is 11.7. The van der Waals surface area contributed by atoms with Crippen LogP contribution >= 0.6 is 34.8 Å². The summed E-state index contributed by atoms with van der Waals surface area (Å²) in [4.78, 5) is 90.4. The molecule has 3 aliphatic rings. The summed E-state index contributed by atoms with van der Waals surface area (Å²) < 4.78 is 128. The molecule has 0 saturated carbocycles. The van der Waals surface area contributed by atoms with Gasteiger partial charge in [0.15, 0.2) is 29.1 Å². The van der Waals surface area contributed by atoms with Crippen LogP contribution in [0.3, 0.4) is 0 Å². The van der Waals surface area contributed by atoms with Crippen LogP contribution in [0.1, 0.15) is 67.9 Å². The molecule has 91 heavy (non-hydrogen) atoms. The molecule has 21 nitrogen and oxygen atoms in total. The van der Waals surface area contributed by atoms with Crippen molar-refractivity contribution in [2.24, 2.45) is 0 Å². The third-order valence-electron chi connectivity index (χ3n) is 15.8. The number of alkyl halides is 9. The van der Waals surface area contributed by atoms with Crippen LogP contribution in [0.25, 0.3) is 67.3 Å². The Bertz CT molecular complexity index is 4050. The minimum absolute atomic E-state index is 0. The molecule has 12 heterocycles. The Hall–Kier alpha value is -8.71. The van der Waals surface area contributed by atoms with Crippen molar-refractivity contribution < 1.29 is 66.8 Å². The zero-order valence-electron chi connectivity index (χ0n) is 48.1. The van der Waals surface area contributed by atoms with Crippen molar-refractivity contribution in [3.63, 3.8) is 0 Å². The highest BCUT2D eigenvalue weighted by atomic mass is 35.5. The number of H-pyrrole nitrogens is 3. The van der Waals surface area contributed by atoms with Gasteiger partial charge in [-0.15, -0.1) is 0 Å². The molecule has 3 fully saturated rings. The number of hydrogen-bond acceptors (Lipinski definition) is 15. The fourth-order valence-electron chi connectivity index (χ4n) is 11.2. The van der Waals surface area contributed by atoms with E-state index in [1.54, 1.807) is 85.0 Å². The molecule has 3 aliphatic heterocycles. The van der Waals surface area contributed by atoms with Gasteiger partial charge in [0, 0.05) is 111 Å². The lowest BCUT2D eigenvalue weighted by Gasteiger charge is -2.35. The van der Waals surface area contributed by atoms with Crippen LogP contribution in [0.5, 0.6) is 0 Å². The van der Waals surface area contributed by atoms with E-state index in [-0.39, 0.29) is 33.2 Å². The standard InChI is InChI=1S/C19H17ClF4N6O.2C19H18ClF3N6O.6H2/c1-18(17(31)28-9-19(22,23)24)3-2-4-30(18)16-13(21)8-27-15(29-16)12-7-26-14-11(12)5-10(20)6-25-14;2*1-18(17(30)27-10-19(21,22)23)4-2-6-29(18)14-3-5-24-16(28-14)13-9-26-15-12(13)7-11(20)8-25-15;;;;;;/h5-8H,2-4,9H2,1H3,(H,25,26)(H,28,31);2*3,5,7-9H,2,4,6,10H2,1H3,(H,25,26)(H,27,30);6*1H/t;18-;;;;;;;/m.0......./s1. The number of halogens is 13. The molecule has 34 heteroatoms. The number of pyridine rings is 3. The second-order valence-electron chi connectivity index (χ2n) is 22.1. The summed E-state index contributed by atoms with van der Waals surface area (Å²) >= 11 is 18.1. The van der Waals surface area contributed by atoms with Crippen LogP contribution in [0.2, 0.25) is 15.1 Å². The second-order valence-corrected chi connectivity index (χ2v) is 23.4. The summed E-state index contributed by atoms with van der Waals surface area (Å²) in [6.45, 7) is 1.77. The molecule has 3 saturated heterocycles. The van der Waals surface area contributed by atoms with Crippen LogP contribution in [0.15, 0.2) is 86.1 Å². The van der Waals surface area contributed by atoms with Gasteiger partial charge in [0.25, 0.3) is 0 Å². The molecule has 0 bridgehead atoms. The summed E-state index contributed by atoms with van der Waals surface area (Å²) in [5.74, 6) is -1.26. The van der Waals surface area contributed by atoms with Gasteiger partial charge in [0.2, 0.25) is 17.7 Å². The van der Waals surface area contributed by atoms with Crippen molar-refractivity contribution in [3.05, 3.63) is 107 Å². The Morgan fingerprint density at radius 3 is 1.19 bits per heavy atom. The highest BCUT2D eigenvalue weighted by molar-refractivity contribution is 6.32. The van der Waals surface area contributed by atoms with Crippen molar-refractivity contribution in [1.82, 2.24) is 75.8 Å². The number of anilines is 3. The molecule has 492 valence electrons. The summed E-state index contributed by atoms with van der Waals surface area (Å²) in [7, 11) is 0. The Morgan fingerprint density at radius 1 is 0.505 bits per heavy atom. The minimum Gasteiger partial charge on any atom is -0.345 e. The van der Waals surface area contributed by atoms with E-state index in [0.29, 0.717) is 123 Å². The van der Waals surface area contributed by atoms with Crippen LogP contribution in [0, 0.1) is 5.82 Å². The molecule has 9 aromatic heterocycles. The first-order valence-electron chi connectivity index (χ1n) is 27.9. The first-order valence-corrected chi connectivity index (χ1v) is 29.0. The van der Waals surface area contributed by atoms with Gasteiger partial charge in [0.1, 0.15) is 64.8 Å². The topological polar surface area (TPSA) is 260 Å². The number of amides is 3. The van der Waals surface area contributed by atoms with Crippen LogP contribution in [-0.2, 0) is 14.4 Å². The summed E-state index contributed by atoms with van der Waals surface area (Å²) in [5.41, 5.74) is 0.0164. The van der Waals surface area contributed by atoms with Gasteiger partial charge >= 0.3 is 18.5 Å². The third kappa shape index (κ3) is 14.3. The number of aromatic amines is 3. The zero-order chi connectivity index (χ0) is 65.4. The Kier molecular flexibility index (Phi) is 18.3. The smallest absolute Gasteiger partial charge is 0.345 e. The van der Waals surface area contributed by atoms with Crippen molar-refractivity contribution in [1.29, 1.82) is 0 Å². The molecule has 0 radical (unpaired) electrons. The molecule has 3 atom stereocenters. The van der Waals surface area contributed by atoms with Crippen LogP contribution in [0.4, 0.5) is 61.4 Å². The average molecular weight is 1350 g/mol. The highest BCUT2D eigenvalue weighted by Crippen LogP contribution is 2.40. The number of rotatable bonds is 12. The number of aromatic nitrogens is 12. The van der Waals surface area contributed by atoms with E-state index >= 15 is 0 Å². The first-order chi connectivity index (χ1) is 42.9. The predicted octanol–water partition coefficient (Wildman–Crippen LogP) is 12.7. The van der Waals surface area contributed by atoms with E-state index in [2.05, 4.69) is 59.8 Å². The van der Waals surface area contributed by atoms with Gasteiger partial charge in [-0.25, -0.2) is 49.2 Å². The lowest BCUT2D eigenvalue weighted by atomic mass is 9.97. The quantitative estimate of drug-likeness (QED) is 0.0622. The average Bonchev–Trinajstić information content (AvgIpc) is 1.77. The van der Waals surface area contributed by atoms with Gasteiger partial charge < -0.3 is 45.6 Å². The lowest BCUT2D eigenvalue weighted by molar-refractivity contribution is -0.141. The molecular formula is C57H65Cl3F10N18O3. The molecule has 2 unspecified atom stereocenters. The maximum atomic E-state index is 14.7. The molecule has 0 spiro atoms. The van der Waals surface area contributed by atoms with Crippen molar-refractivity contribution in [2.45, 2.75) is 94.4 Å². The first kappa shape index (κ1) is 65.2. The maximum absolute atomic E-state index is 14.7. The molecule has 6 N–H and O–H groups in total. The Morgan fingerprint density at radius 2 is 0.835 bits per heavy atom. The highest BCUT2D eigenvalue weighted by Gasteiger charge is 2.48. The SMILES string of the molecule is CC1(C(=O)NCC(F)(F)F)CCCN1c1ccnc(-c2c[nH]c3ncc(Cl)cc23)n1.CC1(C(=O)NCC(F)(F)F)CCCN1c1nc(-c2c[nH]c3ncc(Cl)cc23)ncc1F.C[C@@]1(C(=O)NCC(F)(F)F)CCCN1c1ccnc(-c2c[nH]c3ncc(Cl)cc23)n1.[HH].[HH].[HH].[HH].[HH].[HH]. The third-order valence-corrected chi connectivity index (χ3v) is 16.4. The fraction of sp³-hybridized carbons (Fsp3) is 0.368. The van der Waals surface area contributed by atoms with Gasteiger partial charge in [-0.1, -0.05) is 34.8 Å². The summed E-state index contributed by atoms with van der Waals surface area (Å²) in [6.07, 6.45) is 3.03. The van der Waals surface area contributed by atoms with Crippen molar-refractivity contribution >= 4 is 103 Å². The molecule has 9 aromatic rings. The van der Waals surface area contributed by atoms with Gasteiger partial charge in [0.05, 0.1) is 21.3 Å². The molecular weight excluding hydrogens is 1280 g/mol. The Labute approximate surface area is 533 Å². The summed E-state index contributed by atoms with van der Waals surface area (Å²) in [6, 6.07) is 8.44. The number of carbonyl (C=O) groups is 3. The maximum Gasteiger partial charge on any atom is 0.405 e. The van der Waals surface area contributed by atoms with Crippen LogP contribution in [-0.4, -0.2) is 152 Å². The van der Waals surface area contributed by atoms with Crippen molar-refractivity contribution in [2.75, 3.05) is 54.0 Å². The van der Waals surface area contributed by atoms with E-state index in [1.165, 1.54) is 30.4 Å². The summed E-state index contributed by atoms with van der Waals surface area (Å²) in [5, 5.41) is 9.33. The Balaban J connectivity index is 0.000000300. The monoisotopic (exact) mass is 1340 g/mol. The number of nitrogens with zero attached hydrogens (tertiary/aromatic N) is 12. The zero-order valence-corrected chi connectivity index (χ0v) is 50.3. The van der Waals surface area contributed by atoms with Gasteiger partial charge in [-0.2, -0.15) is 39.5 Å². The lowest BCUT2D eigenvalue weighted by Crippen LogP contribution is -2.55. The van der Waals surface area contributed by atoms with E-state index in [0.717, 1.165) is 17.0 Å². The van der Waals surface area contributed by atoms with E-state index < -0.39 is 78.3 Å². The predicted molar refractivity (Wildman–Crippen MR) is 331 cm³/mol. The number of fused-ring (bicyclic) bond motifs is 3. The minimum atomic E-state index is -4.55. The number of nitrogens with one attached hydrogen (secondary N) is 6. The molecule has 0 aromatic carbocycles. The molecule has 0 aliphatic carbocycles. The van der Waals surface area contributed by atoms with Gasteiger partial charge in [-0.05, 0) is 89.6 Å². The molecule has 12 rings (SSSR count). The normalized spacial score (nSPS) is 19.4. The molecule has 3 amide bonds. The van der Waals surface area contributed by atoms with Crippen molar-refractivity contribution in [3.8, 4) is 34.2 Å². The number of carbonyl (C=O) groups excluding carboxylic acids is 3.